The number of hydrogen-bond donors (Lipinski definition) is 0. The zero-order valence-corrected chi connectivity index (χ0v) is 16.5. The second-order valence-electron chi connectivity index (χ2n) is 5.63. The van der Waals surface area contributed by atoms with Crippen LogP contribution in [0.15, 0.2) is 34.4 Å². The Labute approximate surface area is 158 Å². The monoisotopic (exact) mass is 420 g/mol. The number of thiazole rings is 1. The van der Waals surface area contributed by atoms with Crippen LogP contribution in [0.2, 0.25) is 0 Å². The number of aromatic nitrogens is 4. The lowest BCUT2D eigenvalue weighted by molar-refractivity contribution is 0.0520. The lowest BCUT2D eigenvalue weighted by atomic mass is 10.1. The molecule has 0 fully saturated rings. The third-order valence-electron chi connectivity index (χ3n) is 3.53. The Morgan fingerprint density at radius 2 is 2.20 bits per heavy atom. The van der Waals surface area contributed by atoms with Crippen molar-refractivity contribution >= 4 is 33.2 Å². The van der Waals surface area contributed by atoms with E-state index in [-0.39, 0.29) is 0 Å². The van der Waals surface area contributed by atoms with Crippen LogP contribution in [0.1, 0.15) is 42.7 Å². The van der Waals surface area contributed by atoms with Gasteiger partial charge in [-0.15, -0.1) is 11.3 Å². The maximum Gasteiger partial charge on any atom is 0.357 e. The van der Waals surface area contributed by atoms with E-state index in [0.29, 0.717) is 28.9 Å². The summed E-state index contributed by atoms with van der Waals surface area (Å²) in [4.78, 5) is 20.5. The summed E-state index contributed by atoms with van der Waals surface area (Å²) >= 11 is 4.85. The van der Waals surface area contributed by atoms with Gasteiger partial charge in [-0.1, -0.05) is 19.9 Å². The first kappa shape index (κ1) is 17.8. The second kappa shape index (κ2) is 7.45. The molecule has 130 valence electrons. The summed E-state index contributed by atoms with van der Waals surface area (Å²) in [6.07, 6.45) is 3.69. The molecule has 0 bridgehead atoms. The number of halogens is 1. The van der Waals surface area contributed by atoms with Gasteiger partial charge in [0.25, 0.3) is 0 Å². The minimum Gasteiger partial charge on any atom is -0.461 e. The fraction of sp³-hybridized carbons (Fsp3) is 0.294. The van der Waals surface area contributed by atoms with Gasteiger partial charge in [0.05, 0.1) is 11.1 Å². The number of carbonyl (C=O) groups excluding carboxylic acids is 1. The van der Waals surface area contributed by atoms with E-state index in [2.05, 4.69) is 44.8 Å². The Balaban J connectivity index is 1.89. The van der Waals surface area contributed by atoms with E-state index in [0.717, 1.165) is 10.3 Å². The molecule has 0 aliphatic carbocycles. The molecule has 3 rings (SSSR count). The molecule has 0 amide bonds. The predicted molar refractivity (Wildman–Crippen MR) is 100 cm³/mol. The summed E-state index contributed by atoms with van der Waals surface area (Å²) < 4.78 is 7.44. The van der Waals surface area contributed by atoms with Crippen LogP contribution in [-0.4, -0.2) is 32.3 Å². The van der Waals surface area contributed by atoms with Crippen LogP contribution in [0.4, 0.5) is 0 Å². The van der Waals surface area contributed by atoms with Gasteiger partial charge in [0.1, 0.15) is 10.7 Å². The lowest BCUT2D eigenvalue weighted by Crippen LogP contribution is -2.04. The van der Waals surface area contributed by atoms with Crippen molar-refractivity contribution in [1.29, 1.82) is 0 Å². The normalized spacial score (nSPS) is 11.1. The maximum atomic E-state index is 11.8. The Bertz CT molecular complexity index is 886. The molecule has 8 heteroatoms. The van der Waals surface area contributed by atoms with Gasteiger partial charge in [0.15, 0.2) is 11.5 Å². The minimum atomic E-state index is -0.425. The standard InChI is InChI=1S/C17H17BrN4O2S/c1-4-24-17(23)13-9-25-16(20-13)15-12(18)8-22(21-15)14-6-5-11(7-19-14)10(2)3/h5-10H,4H2,1-3H3. The zero-order chi connectivity index (χ0) is 18.0. The number of rotatable bonds is 5. The second-order valence-corrected chi connectivity index (χ2v) is 7.35. The third-order valence-corrected chi connectivity index (χ3v) is 4.96. The number of carbonyl (C=O) groups is 1. The predicted octanol–water partition coefficient (Wildman–Crippen LogP) is 4.45. The van der Waals surface area contributed by atoms with Gasteiger partial charge < -0.3 is 4.74 Å². The summed E-state index contributed by atoms with van der Waals surface area (Å²) in [5.74, 6) is 0.725. The highest BCUT2D eigenvalue weighted by atomic mass is 79.9. The Kier molecular flexibility index (Phi) is 5.29. The van der Waals surface area contributed by atoms with E-state index in [1.54, 1.807) is 17.0 Å². The molecule has 0 aliphatic rings. The van der Waals surface area contributed by atoms with E-state index in [1.165, 1.54) is 16.9 Å². The molecule has 0 unspecified atom stereocenters. The minimum absolute atomic E-state index is 0.294. The highest BCUT2D eigenvalue weighted by Crippen LogP contribution is 2.30. The molecular weight excluding hydrogens is 404 g/mol. The Morgan fingerprint density at radius 3 is 2.84 bits per heavy atom. The largest absolute Gasteiger partial charge is 0.461 e. The first-order valence-corrected chi connectivity index (χ1v) is 9.51. The first-order chi connectivity index (χ1) is 12.0. The molecule has 0 N–H and O–H groups in total. The molecule has 0 atom stereocenters. The van der Waals surface area contributed by atoms with Crippen molar-refractivity contribution in [2.24, 2.45) is 0 Å². The fourth-order valence-electron chi connectivity index (χ4n) is 2.17. The fourth-order valence-corrected chi connectivity index (χ4v) is 3.55. The van der Waals surface area contributed by atoms with Crippen molar-refractivity contribution in [3.05, 3.63) is 45.6 Å². The Morgan fingerprint density at radius 1 is 1.40 bits per heavy atom. The van der Waals surface area contributed by atoms with Gasteiger partial charge in [-0.2, -0.15) is 5.10 Å². The van der Waals surface area contributed by atoms with Crippen LogP contribution in [0.3, 0.4) is 0 Å². The van der Waals surface area contributed by atoms with Crippen molar-refractivity contribution in [3.63, 3.8) is 0 Å². The molecule has 0 saturated carbocycles. The molecule has 3 heterocycles. The average Bonchev–Trinajstić information content (AvgIpc) is 3.22. The number of esters is 1. The maximum absolute atomic E-state index is 11.8. The van der Waals surface area contributed by atoms with Crippen molar-refractivity contribution in [1.82, 2.24) is 19.7 Å². The summed E-state index contributed by atoms with van der Waals surface area (Å²) in [6, 6.07) is 3.98. The smallest absolute Gasteiger partial charge is 0.357 e. The molecule has 6 nitrogen and oxygen atoms in total. The molecular formula is C17H17BrN4O2S. The molecule has 0 aliphatic heterocycles. The summed E-state index contributed by atoms with van der Waals surface area (Å²) in [7, 11) is 0. The summed E-state index contributed by atoms with van der Waals surface area (Å²) in [6.45, 7) is 6.34. The van der Waals surface area contributed by atoms with E-state index >= 15 is 0 Å². The third kappa shape index (κ3) is 3.80. The van der Waals surface area contributed by atoms with Gasteiger partial charge in [0, 0.05) is 17.8 Å². The number of hydrogen-bond acceptors (Lipinski definition) is 6. The topological polar surface area (TPSA) is 69.9 Å². The molecule has 0 radical (unpaired) electrons. The first-order valence-electron chi connectivity index (χ1n) is 7.84. The summed E-state index contributed by atoms with van der Waals surface area (Å²) in [5.41, 5.74) is 2.13. The highest BCUT2D eigenvalue weighted by Gasteiger charge is 2.17. The Hall–Kier alpha value is -2.06. The van der Waals surface area contributed by atoms with Crippen LogP contribution in [0, 0.1) is 0 Å². The summed E-state index contributed by atoms with van der Waals surface area (Å²) in [5, 5.41) is 6.87. The zero-order valence-electron chi connectivity index (χ0n) is 14.1. The van der Waals surface area contributed by atoms with E-state index < -0.39 is 5.97 Å². The van der Waals surface area contributed by atoms with E-state index in [9.17, 15) is 4.79 Å². The van der Waals surface area contributed by atoms with E-state index in [4.69, 9.17) is 4.74 Å². The van der Waals surface area contributed by atoms with Gasteiger partial charge in [-0.3, -0.25) is 0 Å². The van der Waals surface area contributed by atoms with Crippen LogP contribution < -0.4 is 0 Å². The van der Waals surface area contributed by atoms with Gasteiger partial charge >= 0.3 is 5.97 Å². The van der Waals surface area contributed by atoms with Crippen LogP contribution in [0.25, 0.3) is 16.5 Å². The SMILES string of the molecule is CCOC(=O)c1csc(-c2nn(-c3ccc(C(C)C)cn3)cc2Br)n1. The van der Waals surface area contributed by atoms with Crippen molar-refractivity contribution in [2.75, 3.05) is 6.61 Å². The van der Waals surface area contributed by atoms with Crippen molar-refractivity contribution < 1.29 is 9.53 Å². The van der Waals surface area contributed by atoms with Gasteiger partial charge in [-0.25, -0.2) is 19.4 Å². The molecule has 0 aromatic carbocycles. The van der Waals surface area contributed by atoms with Gasteiger partial charge in [0.2, 0.25) is 0 Å². The molecule has 0 spiro atoms. The van der Waals surface area contributed by atoms with Crippen LogP contribution in [0.5, 0.6) is 0 Å². The quantitative estimate of drug-likeness (QED) is 0.570. The molecule has 0 saturated heterocycles. The molecule has 3 aromatic rings. The number of nitrogens with zero attached hydrogens (tertiary/aromatic N) is 4. The number of pyridine rings is 1. The average molecular weight is 421 g/mol. The van der Waals surface area contributed by atoms with Crippen molar-refractivity contribution in [2.45, 2.75) is 26.7 Å². The van der Waals surface area contributed by atoms with Gasteiger partial charge in [-0.05, 0) is 40.4 Å². The van der Waals surface area contributed by atoms with Crippen LogP contribution >= 0.6 is 27.3 Å². The lowest BCUT2D eigenvalue weighted by Gasteiger charge is -2.05. The van der Waals surface area contributed by atoms with Crippen LogP contribution in [-0.2, 0) is 4.74 Å². The number of ether oxygens (including phenoxy) is 1. The molecule has 25 heavy (non-hydrogen) atoms. The van der Waals surface area contributed by atoms with E-state index in [1.807, 2.05) is 24.5 Å². The molecule has 3 aromatic heterocycles. The van der Waals surface area contributed by atoms with Crippen molar-refractivity contribution in [3.8, 4) is 16.5 Å². The highest BCUT2D eigenvalue weighted by molar-refractivity contribution is 9.10.